The predicted molar refractivity (Wildman–Crippen MR) is 106 cm³/mol. The fourth-order valence-corrected chi connectivity index (χ4v) is 3.35. The van der Waals surface area contributed by atoms with E-state index in [0.29, 0.717) is 5.70 Å². The van der Waals surface area contributed by atoms with Gasteiger partial charge in [-0.05, 0) is 42.2 Å². The van der Waals surface area contributed by atoms with Gasteiger partial charge in [0.2, 0.25) is 5.91 Å². The lowest BCUT2D eigenvalue weighted by Crippen LogP contribution is -2.12. The summed E-state index contributed by atoms with van der Waals surface area (Å²) in [6, 6.07) is 16.1. The highest BCUT2D eigenvalue weighted by atomic mass is 16.2. The average Bonchev–Trinajstić information content (AvgIpc) is 3.18. The van der Waals surface area contributed by atoms with Crippen LogP contribution in [0.15, 0.2) is 54.2 Å². The van der Waals surface area contributed by atoms with Gasteiger partial charge < -0.3 is 9.88 Å². The maximum atomic E-state index is 11.9. The first kappa shape index (κ1) is 17.9. The number of ketones is 1. The Labute approximate surface area is 162 Å². The molecule has 28 heavy (non-hydrogen) atoms. The molecule has 140 valence electrons. The van der Waals surface area contributed by atoms with E-state index in [-0.39, 0.29) is 18.1 Å². The maximum absolute atomic E-state index is 11.9. The number of aryl methyl sites for hydroxylation is 2. The van der Waals surface area contributed by atoms with Gasteiger partial charge in [-0.1, -0.05) is 48.5 Å². The number of nitrogens with one attached hydrogen (secondary N) is 1. The molecule has 6 heteroatoms. The van der Waals surface area contributed by atoms with Crippen LogP contribution in [0, 0.1) is 13.8 Å². The molecule has 0 spiro atoms. The summed E-state index contributed by atoms with van der Waals surface area (Å²) in [4.78, 5) is 23.4. The lowest BCUT2D eigenvalue weighted by molar-refractivity contribution is -0.121. The number of carbonyl (C=O) groups excluding carboxylic acids is 2. The fourth-order valence-electron chi connectivity index (χ4n) is 3.35. The largest absolute Gasteiger partial charge is 0.323 e. The van der Waals surface area contributed by atoms with Crippen LogP contribution in [0.25, 0.3) is 17.2 Å². The second-order valence-electron chi connectivity index (χ2n) is 6.87. The quantitative estimate of drug-likeness (QED) is 0.564. The third-order valence-electron chi connectivity index (χ3n) is 4.88. The van der Waals surface area contributed by atoms with Crippen molar-refractivity contribution >= 4 is 17.8 Å². The van der Waals surface area contributed by atoms with Crippen LogP contribution in [-0.4, -0.2) is 26.5 Å². The van der Waals surface area contributed by atoms with E-state index in [1.807, 2.05) is 38.1 Å². The van der Waals surface area contributed by atoms with Crippen LogP contribution in [-0.2, 0) is 16.1 Å². The van der Waals surface area contributed by atoms with E-state index in [1.54, 1.807) is 6.08 Å². The molecule has 3 aromatic rings. The first-order valence-electron chi connectivity index (χ1n) is 9.11. The molecule has 4 rings (SSSR count). The lowest BCUT2D eigenvalue weighted by atomic mass is 9.97. The van der Waals surface area contributed by atoms with Crippen molar-refractivity contribution in [2.24, 2.45) is 0 Å². The molecule has 1 amide bonds. The molecule has 6 nitrogen and oxygen atoms in total. The molecule has 1 fully saturated rings. The average molecular weight is 372 g/mol. The first-order valence-corrected chi connectivity index (χ1v) is 9.11. The Morgan fingerprint density at radius 1 is 1.00 bits per heavy atom. The van der Waals surface area contributed by atoms with Crippen molar-refractivity contribution < 1.29 is 9.59 Å². The number of Topliss-reactive ketones (excluding diaryl/α,β-unsaturated/α-hetero) is 1. The summed E-state index contributed by atoms with van der Waals surface area (Å²) in [5.41, 5.74) is 4.46. The van der Waals surface area contributed by atoms with E-state index >= 15 is 0 Å². The van der Waals surface area contributed by atoms with Crippen LogP contribution in [0.3, 0.4) is 0 Å². The molecule has 1 N–H and O–H groups in total. The van der Waals surface area contributed by atoms with Crippen molar-refractivity contribution in [3.05, 3.63) is 77.0 Å². The molecule has 0 unspecified atom stereocenters. The van der Waals surface area contributed by atoms with Gasteiger partial charge in [0.25, 0.3) is 0 Å². The molecule has 2 heterocycles. The topological polar surface area (TPSA) is 76.9 Å². The second kappa shape index (κ2) is 7.23. The molecule has 1 aromatic heterocycles. The summed E-state index contributed by atoms with van der Waals surface area (Å²) in [5.74, 6) is 1.36. The molecule has 1 aliphatic heterocycles. The van der Waals surface area contributed by atoms with E-state index < -0.39 is 0 Å². The van der Waals surface area contributed by atoms with Crippen molar-refractivity contribution in [2.75, 3.05) is 0 Å². The minimum atomic E-state index is -0.252. The normalized spacial score (nSPS) is 15.3. The van der Waals surface area contributed by atoms with Crippen molar-refractivity contribution in [3.63, 3.8) is 0 Å². The fraction of sp³-hybridized carbons (Fsp3) is 0.182. The van der Waals surface area contributed by atoms with Crippen LogP contribution < -0.4 is 5.32 Å². The molecule has 0 bridgehead atoms. The van der Waals surface area contributed by atoms with Gasteiger partial charge in [0.05, 0.1) is 18.7 Å². The number of amides is 1. The third kappa shape index (κ3) is 3.49. The van der Waals surface area contributed by atoms with Crippen molar-refractivity contribution in [2.45, 2.75) is 26.8 Å². The number of carbonyl (C=O) groups is 2. The number of hydrogen-bond acceptors (Lipinski definition) is 4. The molecule has 1 aliphatic rings. The molecule has 0 aliphatic carbocycles. The van der Waals surface area contributed by atoms with E-state index in [9.17, 15) is 9.59 Å². The summed E-state index contributed by atoms with van der Waals surface area (Å²) in [6.07, 6.45) is 1.67. The Balaban J connectivity index is 1.63. The Morgan fingerprint density at radius 2 is 1.68 bits per heavy atom. The number of benzene rings is 2. The molecular formula is C22H20N4O2. The summed E-state index contributed by atoms with van der Waals surface area (Å²) < 4.78 is 2.07. The smallest absolute Gasteiger partial charge is 0.232 e. The zero-order valence-electron chi connectivity index (χ0n) is 15.8. The Kier molecular flexibility index (Phi) is 4.61. The van der Waals surface area contributed by atoms with Crippen LogP contribution in [0.2, 0.25) is 0 Å². The Morgan fingerprint density at radius 3 is 2.32 bits per heavy atom. The molecule has 0 atom stereocenters. The number of aromatic nitrogens is 3. The number of allylic oxidation sites excluding steroid dienone is 1. The summed E-state index contributed by atoms with van der Waals surface area (Å²) in [7, 11) is 0. The van der Waals surface area contributed by atoms with Gasteiger partial charge in [0, 0.05) is 0 Å². The van der Waals surface area contributed by atoms with E-state index in [4.69, 9.17) is 0 Å². The van der Waals surface area contributed by atoms with Gasteiger partial charge in [-0.25, -0.2) is 0 Å². The van der Waals surface area contributed by atoms with Crippen LogP contribution in [0.1, 0.15) is 29.2 Å². The van der Waals surface area contributed by atoms with Crippen LogP contribution in [0.5, 0.6) is 0 Å². The van der Waals surface area contributed by atoms with Gasteiger partial charge in [0.15, 0.2) is 5.78 Å². The first-order chi connectivity index (χ1) is 13.5. The monoisotopic (exact) mass is 372 g/mol. The maximum Gasteiger partial charge on any atom is 0.232 e. The van der Waals surface area contributed by atoms with Gasteiger partial charge in [-0.2, -0.15) is 0 Å². The highest BCUT2D eigenvalue weighted by Crippen LogP contribution is 2.27. The molecule has 2 aromatic carbocycles. The van der Waals surface area contributed by atoms with Crippen molar-refractivity contribution in [1.82, 2.24) is 20.1 Å². The molecular weight excluding hydrogens is 352 g/mol. The second-order valence-corrected chi connectivity index (χ2v) is 6.87. The highest BCUT2D eigenvalue weighted by molar-refractivity contribution is 6.17. The highest BCUT2D eigenvalue weighted by Gasteiger charge is 2.24. The predicted octanol–water partition coefficient (Wildman–Crippen LogP) is 3.04. The zero-order chi connectivity index (χ0) is 19.7. The number of nitrogens with zero attached hydrogens (tertiary/aromatic N) is 3. The van der Waals surface area contributed by atoms with E-state index in [2.05, 4.69) is 44.3 Å². The minimum absolute atomic E-state index is 0.0787. The number of hydrogen-bond donors (Lipinski definition) is 1. The summed E-state index contributed by atoms with van der Waals surface area (Å²) in [5, 5.41) is 10.8. The minimum Gasteiger partial charge on any atom is -0.323 e. The van der Waals surface area contributed by atoms with Crippen molar-refractivity contribution in [1.29, 1.82) is 0 Å². The SMILES string of the molecule is Cc1nnc(C)n1Cc1ccc(-c2ccccc2/C=C2\NC(=O)CC2=O)cc1. The molecule has 1 saturated heterocycles. The Bertz CT molecular complexity index is 1070. The Hall–Kier alpha value is -3.54. The number of rotatable bonds is 4. The van der Waals surface area contributed by atoms with Gasteiger partial charge in [-0.15, -0.1) is 10.2 Å². The lowest BCUT2D eigenvalue weighted by Gasteiger charge is -2.10. The molecule has 0 radical (unpaired) electrons. The van der Waals surface area contributed by atoms with Gasteiger partial charge >= 0.3 is 0 Å². The standard InChI is InChI=1S/C22H20N4O2/c1-14-24-25-15(2)26(14)13-16-7-9-17(10-8-16)19-6-4-3-5-18(19)11-20-21(27)12-22(28)23-20/h3-11H,12-13H2,1-2H3,(H,23,28)/b20-11-. The van der Waals surface area contributed by atoms with Gasteiger partial charge in [0.1, 0.15) is 11.6 Å². The summed E-state index contributed by atoms with van der Waals surface area (Å²) >= 11 is 0. The third-order valence-corrected chi connectivity index (χ3v) is 4.88. The van der Waals surface area contributed by atoms with Crippen LogP contribution in [0.4, 0.5) is 0 Å². The van der Waals surface area contributed by atoms with E-state index in [1.165, 1.54) is 0 Å². The van der Waals surface area contributed by atoms with Crippen molar-refractivity contribution in [3.8, 4) is 11.1 Å². The zero-order valence-corrected chi connectivity index (χ0v) is 15.8. The van der Waals surface area contributed by atoms with Gasteiger partial charge in [-0.3, -0.25) is 9.59 Å². The molecule has 0 saturated carbocycles. The van der Waals surface area contributed by atoms with Crippen LogP contribution >= 0.6 is 0 Å². The van der Waals surface area contributed by atoms with E-state index in [0.717, 1.165) is 40.4 Å². The summed E-state index contributed by atoms with van der Waals surface area (Å²) in [6.45, 7) is 4.61.